The second kappa shape index (κ2) is 4.29. The van der Waals surface area contributed by atoms with Crippen LogP contribution in [0.4, 0.5) is 5.95 Å². The minimum atomic E-state index is 0.250. The van der Waals surface area contributed by atoms with Gasteiger partial charge < -0.3 is 10.3 Å². The summed E-state index contributed by atoms with van der Waals surface area (Å²) < 4.78 is 1.75. The van der Waals surface area contributed by atoms with Crippen molar-refractivity contribution >= 4 is 12.1 Å². The molecule has 0 unspecified atom stereocenters. The Kier molecular flexibility index (Phi) is 3.60. The van der Waals surface area contributed by atoms with Crippen molar-refractivity contribution in [3.8, 4) is 0 Å². The molecule has 0 aliphatic rings. The highest BCUT2D eigenvalue weighted by Crippen LogP contribution is 1.90. The summed E-state index contributed by atoms with van der Waals surface area (Å²) in [7, 11) is 1.85. The molecule has 0 spiro atoms. The molecule has 0 fully saturated rings. The summed E-state index contributed by atoms with van der Waals surface area (Å²) in [4.78, 5) is 20.0. The fraction of sp³-hybridized carbons (Fsp3) is 0.200. The Bertz CT molecular complexity index is 208. The van der Waals surface area contributed by atoms with Gasteiger partial charge in [0.2, 0.25) is 0 Å². The third-order valence-corrected chi connectivity index (χ3v) is 0.858. The Labute approximate surface area is 57.5 Å². The van der Waals surface area contributed by atoms with E-state index in [1.807, 2.05) is 7.05 Å². The molecule has 0 aliphatic carbocycles. The first-order valence-electron chi connectivity index (χ1n) is 2.44. The summed E-state index contributed by atoms with van der Waals surface area (Å²) in [5, 5.41) is 0. The monoisotopic (exact) mass is 141 g/mol. The number of aryl methyl sites for hydroxylation is 1. The number of rotatable bonds is 0. The van der Waals surface area contributed by atoms with E-state index in [0.717, 1.165) is 0 Å². The van der Waals surface area contributed by atoms with Crippen LogP contribution in [0.5, 0.6) is 0 Å². The summed E-state index contributed by atoms with van der Waals surface area (Å²) in [6, 6.07) is 0. The van der Waals surface area contributed by atoms with Gasteiger partial charge in [-0.05, 0) is 0 Å². The molecule has 1 heterocycles. The lowest BCUT2D eigenvalue weighted by Gasteiger charge is -1.87. The minimum absolute atomic E-state index is 0.250. The number of nitrogen functional groups attached to an aromatic ring is 1. The number of imidazole rings is 1. The molecule has 0 atom stereocenters. The molecule has 5 nitrogen and oxygen atoms in total. The van der Waals surface area contributed by atoms with Gasteiger partial charge in [-0.2, -0.15) is 9.59 Å². The second-order valence-electron chi connectivity index (χ2n) is 1.48. The molecular formula is C5H7N3O2. The summed E-state index contributed by atoms with van der Waals surface area (Å²) >= 11 is 0. The van der Waals surface area contributed by atoms with Crippen LogP contribution in [0.25, 0.3) is 0 Å². The van der Waals surface area contributed by atoms with E-state index in [2.05, 4.69) is 4.98 Å². The van der Waals surface area contributed by atoms with Crippen LogP contribution in [-0.2, 0) is 16.6 Å². The van der Waals surface area contributed by atoms with Gasteiger partial charge in [0.25, 0.3) is 0 Å². The van der Waals surface area contributed by atoms with Gasteiger partial charge in [-0.1, -0.05) is 0 Å². The van der Waals surface area contributed by atoms with Gasteiger partial charge in [-0.3, -0.25) is 0 Å². The first kappa shape index (κ1) is 8.39. The largest absolute Gasteiger partial charge is 0.373 e. The highest BCUT2D eigenvalue weighted by atomic mass is 16.2. The Morgan fingerprint density at radius 3 is 2.30 bits per heavy atom. The lowest BCUT2D eigenvalue weighted by atomic mass is 10.9. The molecule has 1 aromatic heterocycles. The van der Waals surface area contributed by atoms with Crippen LogP contribution >= 0.6 is 0 Å². The van der Waals surface area contributed by atoms with Crippen molar-refractivity contribution in [2.45, 2.75) is 0 Å². The standard InChI is InChI=1S/C4H7N3.CO2/c1-7-3-2-6-4(7)5;2-1-3/h2-3H,1H3,(H2,5,6);. The fourth-order valence-corrected chi connectivity index (χ4v) is 0.377. The van der Waals surface area contributed by atoms with E-state index in [1.165, 1.54) is 0 Å². The molecule has 1 aromatic rings. The summed E-state index contributed by atoms with van der Waals surface area (Å²) in [5.74, 6) is 0.556. The maximum absolute atomic E-state index is 8.12. The van der Waals surface area contributed by atoms with Gasteiger partial charge in [0, 0.05) is 19.4 Å². The van der Waals surface area contributed by atoms with Gasteiger partial charge >= 0.3 is 6.15 Å². The van der Waals surface area contributed by atoms with Crippen LogP contribution in [-0.4, -0.2) is 15.7 Å². The van der Waals surface area contributed by atoms with Crippen LogP contribution in [0, 0.1) is 0 Å². The first-order valence-corrected chi connectivity index (χ1v) is 2.44. The summed E-state index contributed by atoms with van der Waals surface area (Å²) in [5.41, 5.74) is 5.29. The number of anilines is 1. The van der Waals surface area contributed by atoms with Crippen molar-refractivity contribution in [1.82, 2.24) is 9.55 Å². The topological polar surface area (TPSA) is 78.0 Å². The van der Waals surface area contributed by atoms with Crippen molar-refractivity contribution in [2.24, 2.45) is 7.05 Å². The Hall–Kier alpha value is -1.61. The van der Waals surface area contributed by atoms with Crippen molar-refractivity contribution in [3.63, 3.8) is 0 Å². The van der Waals surface area contributed by atoms with E-state index in [9.17, 15) is 0 Å². The van der Waals surface area contributed by atoms with Crippen LogP contribution in [0.2, 0.25) is 0 Å². The number of aromatic nitrogens is 2. The Morgan fingerprint density at radius 1 is 1.70 bits per heavy atom. The van der Waals surface area contributed by atoms with E-state index in [-0.39, 0.29) is 6.15 Å². The third-order valence-electron chi connectivity index (χ3n) is 0.858. The maximum atomic E-state index is 8.12. The molecule has 0 aliphatic heterocycles. The van der Waals surface area contributed by atoms with E-state index in [1.54, 1.807) is 17.0 Å². The molecule has 0 aromatic carbocycles. The van der Waals surface area contributed by atoms with Crippen LogP contribution in [0.1, 0.15) is 0 Å². The minimum Gasteiger partial charge on any atom is -0.369 e. The van der Waals surface area contributed by atoms with E-state index < -0.39 is 0 Å². The molecule has 0 radical (unpaired) electrons. The molecule has 54 valence electrons. The van der Waals surface area contributed by atoms with Crippen molar-refractivity contribution < 1.29 is 9.59 Å². The predicted molar refractivity (Wildman–Crippen MR) is 32.6 cm³/mol. The van der Waals surface area contributed by atoms with Crippen molar-refractivity contribution in [3.05, 3.63) is 12.4 Å². The van der Waals surface area contributed by atoms with Gasteiger partial charge in [-0.25, -0.2) is 4.98 Å². The van der Waals surface area contributed by atoms with Gasteiger partial charge in [0.1, 0.15) is 0 Å². The van der Waals surface area contributed by atoms with Crippen molar-refractivity contribution in [2.75, 3.05) is 5.73 Å². The van der Waals surface area contributed by atoms with Crippen LogP contribution < -0.4 is 5.73 Å². The molecule has 5 heteroatoms. The average molecular weight is 141 g/mol. The Balaban J connectivity index is 0.000000236. The number of carbonyl (C=O) groups excluding carboxylic acids is 2. The summed E-state index contributed by atoms with van der Waals surface area (Å²) in [6.45, 7) is 0. The third kappa shape index (κ3) is 2.64. The normalized spacial score (nSPS) is 7.30. The zero-order chi connectivity index (χ0) is 7.98. The fourth-order valence-electron chi connectivity index (χ4n) is 0.377. The zero-order valence-corrected chi connectivity index (χ0v) is 5.44. The number of hydrogen-bond donors (Lipinski definition) is 1. The van der Waals surface area contributed by atoms with E-state index in [0.29, 0.717) is 5.95 Å². The first-order chi connectivity index (χ1) is 4.72. The maximum Gasteiger partial charge on any atom is 0.373 e. The molecular weight excluding hydrogens is 134 g/mol. The molecule has 10 heavy (non-hydrogen) atoms. The number of nitrogens with two attached hydrogens (primary N) is 1. The van der Waals surface area contributed by atoms with Crippen LogP contribution in [0.3, 0.4) is 0 Å². The SMILES string of the molecule is Cn1ccnc1N.O=C=O. The lowest BCUT2D eigenvalue weighted by Crippen LogP contribution is -1.94. The molecule has 2 N–H and O–H groups in total. The van der Waals surface area contributed by atoms with E-state index >= 15 is 0 Å². The number of hydrogen-bond acceptors (Lipinski definition) is 4. The van der Waals surface area contributed by atoms with Gasteiger partial charge in [-0.15, -0.1) is 0 Å². The Morgan fingerprint density at radius 2 is 2.20 bits per heavy atom. The molecule has 0 saturated heterocycles. The quantitative estimate of drug-likeness (QED) is 0.524. The van der Waals surface area contributed by atoms with Gasteiger partial charge in [0.05, 0.1) is 0 Å². The predicted octanol–water partition coefficient (Wildman–Crippen LogP) is -0.581. The van der Waals surface area contributed by atoms with Gasteiger partial charge in [0.15, 0.2) is 5.95 Å². The lowest BCUT2D eigenvalue weighted by molar-refractivity contribution is -0.191. The van der Waals surface area contributed by atoms with E-state index in [4.69, 9.17) is 15.3 Å². The highest BCUT2D eigenvalue weighted by Gasteiger charge is 1.84. The van der Waals surface area contributed by atoms with Crippen LogP contribution in [0.15, 0.2) is 12.4 Å². The average Bonchev–Trinajstić information content (AvgIpc) is 2.19. The van der Waals surface area contributed by atoms with Crippen molar-refractivity contribution in [1.29, 1.82) is 0 Å². The zero-order valence-electron chi connectivity index (χ0n) is 5.44. The number of nitrogens with zero attached hydrogens (tertiary/aromatic N) is 2. The highest BCUT2D eigenvalue weighted by molar-refractivity contribution is 5.20. The summed E-state index contributed by atoms with van der Waals surface area (Å²) in [6.07, 6.45) is 3.71. The molecule has 0 amide bonds. The second-order valence-corrected chi connectivity index (χ2v) is 1.48. The molecule has 0 saturated carbocycles. The molecule has 1 rings (SSSR count). The molecule has 0 bridgehead atoms. The smallest absolute Gasteiger partial charge is 0.369 e.